The van der Waals surface area contributed by atoms with Gasteiger partial charge in [-0.05, 0) is 11.8 Å². The van der Waals surface area contributed by atoms with Gasteiger partial charge in [0.1, 0.15) is 6.54 Å². The number of hydrogen-bond donors (Lipinski definition) is 1. The minimum Gasteiger partial charge on any atom is -0.351 e. The molecule has 2 rings (SSSR count). The lowest BCUT2D eigenvalue weighted by Gasteiger charge is -2.05. The number of alkyl halides is 3. The Balaban J connectivity index is 1.95. The molecule has 0 aliphatic heterocycles. The third-order valence-electron chi connectivity index (χ3n) is 1.62. The number of nitrogens with zero attached hydrogens (tertiary/aromatic N) is 4. The number of halogens is 4. The third kappa shape index (κ3) is 4.80. The Morgan fingerprint density at radius 3 is 2.58 bits per heavy atom. The van der Waals surface area contributed by atoms with E-state index in [2.05, 4.69) is 25.5 Å². The molecule has 0 fully saturated rings. The zero-order valence-corrected chi connectivity index (χ0v) is 11.4. The van der Waals surface area contributed by atoms with E-state index in [-0.39, 0.29) is 5.13 Å². The van der Waals surface area contributed by atoms with Crippen molar-refractivity contribution in [1.29, 1.82) is 0 Å². The van der Waals surface area contributed by atoms with Gasteiger partial charge in [0.05, 0.1) is 17.4 Å². The second-order valence-electron chi connectivity index (χ2n) is 3.13. The van der Waals surface area contributed by atoms with Crippen LogP contribution in [0.3, 0.4) is 0 Å². The molecule has 102 valence electrons. The predicted octanol–water partition coefficient (Wildman–Crippen LogP) is 3.11. The maximum absolute atomic E-state index is 12.0. The van der Waals surface area contributed by atoms with Crippen LogP contribution in [-0.4, -0.2) is 32.9 Å². The first-order valence-electron chi connectivity index (χ1n) is 4.72. The van der Waals surface area contributed by atoms with E-state index in [0.29, 0.717) is 14.5 Å². The van der Waals surface area contributed by atoms with Crippen LogP contribution in [0, 0.1) is 0 Å². The summed E-state index contributed by atoms with van der Waals surface area (Å²) in [4.78, 5) is 7.85. The predicted molar refractivity (Wildman–Crippen MR) is 65.6 cm³/mol. The molecule has 0 aliphatic carbocycles. The molecule has 19 heavy (non-hydrogen) atoms. The average molecular weight is 328 g/mol. The van der Waals surface area contributed by atoms with Crippen LogP contribution >= 0.6 is 34.7 Å². The standard InChI is InChI=1S/C8H5ClF3N5S2/c9-4-1-13-5(14-2-4)18-7-17-16-6(19-7)15-3-8(10,11)12/h1-2H,3H2,(H,15,16). The van der Waals surface area contributed by atoms with E-state index in [4.69, 9.17) is 11.6 Å². The Hall–Kier alpha value is -1.13. The Bertz CT molecular complexity index is 544. The molecule has 0 unspecified atom stereocenters. The summed E-state index contributed by atoms with van der Waals surface area (Å²) in [7, 11) is 0. The molecule has 0 saturated carbocycles. The van der Waals surface area contributed by atoms with E-state index in [9.17, 15) is 13.2 Å². The van der Waals surface area contributed by atoms with Crippen LogP contribution < -0.4 is 5.32 Å². The van der Waals surface area contributed by atoms with Crippen molar-refractivity contribution < 1.29 is 13.2 Å². The van der Waals surface area contributed by atoms with Gasteiger partial charge in [0.15, 0.2) is 9.50 Å². The molecule has 0 atom stereocenters. The Morgan fingerprint density at radius 1 is 1.26 bits per heavy atom. The number of anilines is 1. The van der Waals surface area contributed by atoms with Gasteiger partial charge < -0.3 is 5.32 Å². The summed E-state index contributed by atoms with van der Waals surface area (Å²) in [5, 5.41) is 10.3. The molecule has 1 N–H and O–H groups in total. The SMILES string of the molecule is FC(F)(F)CNc1nnc(Sc2ncc(Cl)cn2)s1. The molecule has 5 nitrogen and oxygen atoms in total. The van der Waals surface area contributed by atoms with Crippen molar-refractivity contribution in [3.63, 3.8) is 0 Å². The summed E-state index contributed by atoms with van der Waals surface area (Å²) < 4.78 is 36.4. The number of hydrogen-bond acceptors (Lipinski definition) is 7. The first kappa shape index (κ1) is 14.3. The monoisotopic (exact) mass is 327 g/mol. The van der Waals surface area contributed by atoms with Crippen LogP contribution in [0.5, 0.6) is 0 Å². The number of nitrogens with one attached hydrogen (secondary N) is 1. The summed E-state index contributed by atoms with van der Waals surface area (Å²) in [6, 6.07) is 0. The van der Waals surface area contributed by atoms with E-state index >= 15 is 0 Å². The first-order chi connectivity index (χ1) is 8.92. The van der Waals surface area contributed by atoms with Crippen molar-refractivity contribution in [1.82, 2.24) is 20.2 Å². The summed E-state index contributed by atoms with van der Waals surface area (Å²) in [6.45, 7) is -1.15. The topological polar surface area (TPSA) is 63.6 Å². The molecule has 0 saturated heterocycles. The highest BCUT2D eigenvalue weighted by Crippen LogP contribution is 2.30. The minimum atomic E-state index is -4.29. The molecule has 0 aliphatic rings. The van der Waals surface area contributed by atoms with Gasteiger partial charge in [-0.3, -0.25) is 0 Å². The molecule has 0 spiro atoms. The van der Waals surface area contributed by atoms with Gasteiger partial charge in [0.25, 0.3) is 0 Å². The van der Waals surface area contributed by atoms with Crippen molar-refractivity contribution in [2.75, 3.05) is 11.9 Å². The highest BCUT2D eigenvalue weighted by atomic mass is 35.5. The Kier molecular flexibility index (Phi) is 4.42. The lowest BCUT2D eigenvalue weighted by molar-refractivity contribution is -0.115. The van der Waals surface area contributed by atoms with Crippen LogP contribution in [0.1, 0.15) is 0 Å². The van der Waals surface area contributed by atoms with Gasteiger partial charge in [-0.25, -0.2) is 9.97 Å². The molecule has 11 heteroatoms. The van der Waals surface area contributed by atoms with E-state index in [1.165, 1.54) is 12.4 Å². The number of rotatable bonds is 4. The Morgan fingerprint density at radius 2 is 1.95 bits per heavy atom. The van der Waals surface area contributed by atoms with Crippen molar-refractivity contribution in [2.45, 2.75) is 15.7 Å². The molecule has 0 amide bonds. The summed E-state index contributed by atoms with van der Waals surface area (Å²) in [6.07, 6.45) is -1.46. The second kappa shape index (κ2) is 5.88. The van der Waals surface area contributed by atoms with Crippen molar-refractivity contribution in [3.05, 3.63) is 17.4 Å². The molecular weight excluding hydrogens is 323 g/mol. The van der Waals surface area contributed by atoms with E-state index in [1.807, 2.05) is 0 Å². The van der Waals surface area contributed by atoms with Gasteiger partial charge in [0, 0.05) is 0 Å². The van der Waals surface area contributed by atoms with Crippen molar-refractivity contribution in [3.8, 4) is 0 Å². The molecule has 0 bridgehead atoms. The van der Waals surface area contributed by atoms with Gasteiger partial charge in [0.2, 0.25) is 5.13 Å². The van der Waals surface area contributed by atoms with E-state index < -0.39 is 12.7 Å². The van der Waals surface area contributed by atoms with Gasteiger partial charge >= 0.3 is 6.18 Å². The quantitative estimate of drug-likeness (QED) is 0.871. The highest BCUT2D eigenvalue weighted by molar-refractivity contribution is 8.00. The van der Waals surface area contributed by atoms with Gasteiger partial charge in [-0.15, -0.1) is 10.2 Å². The maximum Gasteiger partial charge on any atom is 0.405 e. The zero-order chi connectivity index (χ0) is 13.9. The number of aromatic nitrogens is 4. The fraction of sp³-hybridized carbons (Fsp3) is 0.250. The van der Waals surface area contributed by atoms with Gasteiger partial charge in [-0.2, -0.15) is 13.2 Å². The van der Waals surface area contributed by atoms with Crippen molar-refractivity contribution >= 4 is 39.8 Å². The fourth-order valence-corrected chi connectivity index (χ4v) is 2.58. The molecular formula is C8H5ClF3N5S2. The van der Waals surface area contributed by atoms with Gasteiger partial charge in [-0.1, -0.05) is 22.9 Å². The van der Waals surface area contributed by atoms with Crippen LogP contribution in [0.2, 0.25) is 5.02 Å². The fourth-order valence-electron chi connectivity index (χ4n) is 0.930. The minimum absolute atomic E-state index is 0.0915. The first-order valence-corrected chi connectivity index (χ1v) is 6.73. The zero-order valence-electron chi connectivity index (χ0n) is 8.98. The summed E-state index contributed by atoms with van der Waals surface area (Å²) in [5.74, 6) is 0. The van der Waals surface area contributed by atoms with Crippen LogP contribution in [0.4, 0.5) is 18.3 Å². The third-order valence-corrected chi connectivity index (χ3v) is 3.64. The lowest BCUT2D eigenvalue weighted by Crippen LogP contribution is -2.21. The van der Waals surface area contributed by atoms with Crippen LogP contribution in [-0.2, 0) is 0 Å². The Labute approximate surface area is 118 Å². The molecule has 2 heterocycles. The average Bonchev–Trinajstić information content (AvgIpc) is 2.77. The van der Waals surface area contributed by atoms with E-state index in [1.54, 1.807) is 0 Å². The smallest absolute Gasteiger partial charge is 0.351 e. The molecule has 0 aromatic carbocycles. The lowest BCUT2D eigenvalue weighted by atomic mass is 10.6. The molecule has 2 aromatic rings. The maximum atomic E-state index is 12.0. The second-order valence-corrected chi connectivity index (χ2v) is 5.76. The molecule has 2 aromatic heterocycles. The van der Waals surface area contributed by atoms with Crippen molar-refractivity contribution in [2.24, 2.45) is 0 Å². The summed E-state index contributed by atoms with van der Waals surface area (Å²) >= 11 is 7.71. The molecule has 0 radical (unpaired) electrons. The summed E-state index contributed by atoms with van der Waals surface area (Å²) in [5.41, 5.74) is 0. The van der Waals surface area contributed by atoms with Crippen LogP contribution in [0.25, 0.3) is 0 Å². The normalized spacial score (nSPS) is 11.6. The largest absolute Gasteiger partial charge is 0.405 e. The van der Waals surface area contributed by atoms with E-state index in [0.717, 1.165) is 23.1 Å². The highest BCUT2D eigenvalue weighted by Gasteiger charge is 2.27. The van der Waals surface area contributed by atoms with Crippen LogP contribution in [0.15, 0.2) is 21.9 Å².